The lowest BCUT2D eigenvalue weighted by molar-refractivity contribution is -0.384. The molecule has 1 N–H and O–H groups in total. The van der Waals surface area contributed by atoms with Crippen LogP contribution in [0.4, 0.5) is 11.4 Å². The Bertz CT molecular complexity index is 363. The summed E-state index contributed by atoms with van der Waals surface area (Å²) in [6.45, 7) is 0.838. The second-order valence-corrected chi connectivity index (χ2v) is 3.31. The summed E-state index contributed by atoms with van der Waals surface area (Å²) < 4.78 is 0. The van der Waals surface area contributed by atoms with Gasteiger partial charge in [-0.15, -0.1) is 0 Å². The van der Waals surface area contributed by atoms with Gasteiger partial charge in [-0.05, 0) is 11.6 Å². The van der Waals surface area contributed by atoms with E-state index in [1.54, 1.807) is 12.1 Å². The van der Waals surface area contributed by atoms with E-state index in [1.807, 2.05) is 0 Å². The van der Waals surface area contributed by atoms with Crippen molar-refractivity contribution in [1.29, 1.82) is 0 Å². The van der Waals surface area contributed by atoms with Crippen LogP contribution in [0.25, 0.3) is 0 Å². The molecule has 4 heteroatoms. The highest BCUT2D eigenvalue weighted by Crippen LogP contribution is 2.25. The Labute approximate surface area is 82.1 Å². The molecule has 1 aliphatic heterocycles. The third-order valence-electron chi connectivity index (χ3n) is 2.35. The van der Waals surface area contributed by atoms with E-state index in [2.05, 4.69) is 11.7 Å². The molecule has 0 spiro atoms. The van der Waals surface area contributed by atoms with Gasteiger partial charge in [-0.3, -0.25) is 10.1 Å². The highest BCUT2D eigenvalue weighted by Gasteiger charge is 2.15. The number of hydrogen-bond donors (Lipinski definition) is 1. The molecule has 0 atom stereocenters. The maximum absolute atomic E-state index is 10.5. The predicted octanol–water partition coefficient (Wildman–Crippen LogP) is 2.16. The topological polar surface area (TPSA) is 55.2 Å². The number of non-ortho nitro benzene ring substituents is 1. The van der Waals surface area contributed by atoms with Crippen molar-refractivity contribution in [1.82, 2.24) is 0 Å². The van der Waals surface area contributed by atoms with Crippen molar-refractivity contribution in [2.75, 3.05) is 11.9 Å². The van der Waals surface area contributed by atoms with Crippen LogP contribution >= 0.6 is 0 Å². The lowest BCUT2D eigenvalue weighted by Gasteiger charge is -2.04. The van der Waals surface area contributed by atoms with Crippen LogP contribution in [-0.4, -0.2) is 11.5 Å². The van der Waals surface area contributed by atoms with Gasteiger partial charge in [-0.25, -0.2) is 0 Å². The summed E-state index contributed by atoms with van der Waals surface area (Å²) in [6.07, 6.45) is 4.00. The number of aryl methyl sites for hydroxylation is 1. The van der Waals surface area contributed by atoms with Crippen LogP contribution < -0.4 is 5.32 Å². The van der Waals surface area contributed by atoms with Crippen molar-refractivity contribution in [3.8, 4) is 0 Å². The quantitative estimate of drug-likeness (QED) is 0.420. The standard InChI is InChI=1S/C10H11N2O2/c13-12(14)9-4-5-10-8(7-9)3-1-2-6-11-10/h2,4-5,7,11H,1,3,6H2/q+1. The zero-order valence-electron chi connectivity index (χ0n) is 7.69. The van der Waals surface area contributed by atoms with Gasteiger partial charge in [0.05, 0.1) is 17.8 Å². The molecule has 0 aliphatic carbocycles. The molecule has 14 heavy (non-hydrogen) atoms. The van der Waals surface area contributed by atoms with Crippen molar-refractivity contribution < 1.29 is 4.92 Å². The van der Waals surface area contributed by atoms with Gasteiger partial charge in [0.2, 0.25) is 0 Å². The van der Waals surface area contributed by atoms with Gasteiger partial charge in [-0.1, -0.05) is 0 Å². The molecule has 0 bridgehead atoms. The average molecular weight is 191 g/mol. The first-order valence-corrected chi connectivity index (χ1v) is 4.60. The number of rotatable bonds is 1. The van der Waals surface area contributed by atoms with Crippen molar-refractivity contribution >= 4 is 11.4 Å². The third-order valence-corrected chi connectivity index (χ3v) is 2.35. The minimum absolute atomic E-state index is 0.174. The molecule has 0 radical (unpaired) electrons. The van der Waals surface area contributed by atoms with Gasteiger partial charge in [0.1, 0.15) is 0 Å². The summed E-state index contributed by atoms with van der Waals surface area (Å²) in [5.74, 6) is 0. The van der Waals surface area contributed by atoms with E-state index in [4.69, 9.17) is 0 Å². The Kier molecular flexibility index (Phi) is 2.26. The summed E-state index contributed by atoms with van der Waals surface area (Å²) in [6, 6.07) is 4.98. The van der Waals surface area contributed by atoms with Gasteiger partial charge in [0.25, 0.3) is 5.69 Å². The minimum Gasteiger partial charge on any atom is -0.347 e. The largest absolute Gasteiger partial charge is 0.347 e. The summed E-state index contributed by atoms with van der Waals surface area (Å²) in [7, 11) is 0. The van der Waals surface area contributed by atoms with Crippen LogP contribution in [0.3, 0.4) is 0 Å². The third kappa shape index (κ3) is 1.64. The zero-order chi connectivity index (χ0) is 9.97. The number of fused-ring (bicyclic) bond motifs is 1. The van der Waals surface area contributed by atoms with Crippen molar-refractivity contribution in [2.45, 2.75) is 12.8 Å². The van der Waals surface area contributed by atoms with Gasteiger partial charge in [0, 0.05) is 24.2 Å². The minimum atomic E-state index is -0.352. The number of nitro benzene ring substituents is 1. The maximum Gasteiger partial charge on any atom is 0.269 e. The number of hydrogen-bond acceptors (Lipinski definition) is 3. The molecule has 1 aliphatic rings. The first kappa shape index (κ1) is 8.87. The molecule has 1 heterocycles. The van der Waals surface area contributed by atoms with Crippen LogP contribution in [0.2, 0.25) is 0 Å². The molecule has 2 rings (SSSR count). The van der Waals surface area contributed by atoms with Gasteiger partial charge < -0.3 is 5.32 Å². The molecule has 0 saturated carbocycles. The normalized spacial score (nSPS) is 14.6. The van der Waals surface area contributed by atoms with Crippen molar-refractivity contribution in [3.05, 3.63) is 40.3 Å². The van der Waals surface area contributed by atoms with Crippen LogP contribution in [0, 0.1) is 16.5 Å². The summed E-state index contributed by atoms with van der Waals surface area (Å²) >= 11 is 0. The van der Waals surface area contributed by atoms with E-state index >= 15 is 0 Å². The first-order valence-electron chi connectivity index (χ1n) is 4.60. The lowest BCUT2D eigenvalue weighted by atomic mass is 10.1. The Morgan fingerprint density at radius 1 is 1.50 bits per heavy atom. The van der Waals surface area contributed by atoms with Gasteiger partial charge >= 0.3 is 0 Å². The fraction of sp³-hybridized carbons (Fsp3) is 0.300. The second kappa shape index (κ2) is 3.57. The molecule has 72 valence electrons. The SMILES string of the molecule is O=[N+]([O-])c1ccc2c(c1)CC[CH+]CN2. The number of nitro groups is 1. The molecule has 0 unspecified atom stereocenters. The van der Waals surface area contributed by atoms with E-state index in [0.29, 0.717) is 0 Å². The Morgan fingerprint density at radius 3 is 3.14 bits per heavy atom. The fourth-order valence-electron chi connectivity index (χ4n) is 1.61. The van der Waals surface area contributed by atoms with Crippen LogP contribution in [0.1, 0.15) is 12.0 Å². The predicted molar refractivity (Wildman–Crippen MR) is 54.2 cm³/mol. The summed E-state index contributed by atoms with van der Waals surface area (Å²) in [5.41, 5.74) is 2.23. The Hall–Kier alpha value is -1.71. The number of nitrogens with zero attached hydrogens (tertiary/aromatic N) is 1. The van der Waals surface area contributed by atoms with E-state index in [1.165, 1.54) is 6.07 Å². The Balaban J connectivity index is 2.37. The molecular weight excluding hydrogens is 180 g/mol. The van der Waals surface area contributed by atoms with Gasteiger partial charge in [-0.2, -0.15) is 0 Å². The maximum atomic E-state index is 10.5. The van der Waals surface area contributed by atoms with E-state index in [-0.39, 0.29) is 10.6 Å². The number of anilines is 1. The molecule has 1 aromatic rings. The number of nitrogens with one attached hydrogen (secondary N) is 1. The molecular formula is C10H11N2O2+. The molecule has 0 amide bonds. The molecule has 1 aromatic carbocycles. The van der Waals surface area contributed by atoms with E-state index < -0.39 is 0 Å². The number of benzene rings is 1. The van der Waals surface area contributed by atoms with Crippen LogP contribution in [0.15, 0.2) is 18.2 Å². The van der Waals surface area contributed by atoms with Gasteiger partial charge in [0.15, 0.2) is 6.54 Å². The Morgan fingerprint density at radius 2 is 2.36 bits per heavy atom. The first-order chi connectivity index (χ1) is 6.77. The zero-order valence-corrected chi connectivity index (χ0v) is 7.69. The highest BCUT2D eigenvalue weighted by atomic mass is 16.6. The van der Waals surface area contributed by atoms with E-state index in [0.717, 1.165) is 30.6 Å². The second-order valence-electron chi connectivity index (χ2n) is 3.31. The van der Waals surface area contributed by atoms with Crippen molar-refractivity contribution in [2.24, 2.45) is 0 Å². The van der Waals surface area contributed by atoms with Crippen LogP contribution in [-0.2, 0) is 6.42 Å². The van der Waals surface area contributed by atoms with Crippen LogP contribution in [0.5, 0.6) is 0 Å². The van der Waals surface area contributed by atoms with E-state index in [9.17, 15) is 10.1 Å². The molecule has 0 fully saturated rings. The fourth-order valence-corrected chi connectivity index (χ4v) is 1.61. The molecule has 4 nitrogen and oxygen atoms in total. The smallest absolute Gasteiger partial charge is 0.269 e. The highest BCUT2D eigenvalue weighted by molar-refractivity contribution is 5.57. The summed E-state index contributed by atoms with van der Waals surface area (Å²) in [4.78, 5) is 10.2. The monoisotopic (exact) mass is 191 g/mol. The average Bonchev–Trinajstić information content (AvgIpc) is 2.41. The molecule has 0 aromatic heterocycles. The summed E-state index contributed by atoms with van der Waals surface area (Å²) in [5, 5.41) is 13.8. The van der Waals surface area contributed by atoms with Crippen molar-refractivity contribution in [3.63, 3.8) is 0 Å². The molecule has 0 saturated heterocycles. The lowest BCUT2D eigenvalue weighted by Crippen LogP contribution is -2.00.